The van der Waals surface area contributed by atoms with E-state index in [1.165, 1.54) is 20.8 Å². The summed E-state index contributed by atoms with van der Waals surface area (Å²) in [6, 6.07) is -3.55. The Labute approximate surface area is 700 Å². The highest BCUT2D eigenvalue weighted by Crippen LogP contribution is 2.33. The zero-order valence-corrected chi connectivity index (χ0v) is 71.4. The molecule has 0 radical (unpaired) electrons. The van der Waals surface area contributed by atoms with E-state index in [2.05, 4.69) is 37.2 Å². The van der Waals surface area contributed by atoms with Crippen molar-refractivity contribution in [1.82, 2.24) is 37.2 Å². The first-order valence-corrected chi connectivity index (χ1v) is 41.3. The van der Waals surface area contributed by atoms with Gasteiger partial charge in [-0.05, 0) is 89.9 Å². The molecule has 682 valence electrons. The van der Waals surface area contributed by atoms with E-state index in [-0.39, 0.29) is 96.7 Å². The number of esters is 9. The number of carbonyl (C=O) groups is 17. The molecule has 8 N–H and O–H groups in total. The normalized spacial score (nSPS) is 22.9. The molecule has 0 aromatic heterocycles. The second-order valence-electron chi connectivity index (χ2n) is 29.9. The van der Waals surface area contributed by atoms with Crippen LogP contribution in [0, 0.1) is 0 Å². The van der Waals surface area contributed by atoms with Crippen LogP contribution in [0.15, 0.2) is 0 Å². The number of carbonyl (C=O) groups excluding carboxylic acids is 16. The van der Waals surface area contributed by atoms with Crippen LogP contribution in [0.3, 0.4) is 0 Å². The Morgan fingerprint density at radius 2 is 0.542 bits per heavy atom. The van der Waals surface area contributed by atoms with Crippen LogP contribution in [0.25, 0.3) is 0 Å². The maximum Gasteiger partial charge on any atom is 0.303 e. The fourth-order valence-electron chi connectivity index (χ4n) is 13.8. The first-order chi connectivity index (χ1) is 56.9. The van der Waals surface area contributed by atoms with Gasteiger partial charge < -0.3 is 113 Å². The van der Waals surface area contributed by atoms with E-state index >= 15 is 0 Å². The lowest BCUT2D eigenvalue weighted by atomic mass is 9.82. The summed E-state index contributed by atoms with van der Waals surface area (Å²) >= 11 is 0. The van der Waals surface area contributed by atoms with Crippen LogP contribution in [-0.4, -0.2) is 263 Å². The number of carboxylic acid groups (broad SMARTS) is 1. The number of nitrogens with one attached hydrogen (secondary N) is 7. The van der Waals surface area contributed by atoms with Crippen LogP contribution >= 0.6 is 0 Å². The lowest BCUT2D eigenvalue weighted by molar-refractivity contribution is -0.277. The molecule has 3 aliphatic rings. The smallest absolute Gasteiger partial charge is 0.303 e. The van der Waals surface area contributed by atoms with E-state index in [1.54, 1.807) is 0 Å². The van der Waals surface area contributed by atoms with Crippen molar-refractivity contribution >= 4 is 101 Å². The second-order valence-corrected chi connectivity index (χ2v) is 29.9. The largest absolute Gasteiger partial charge is 0.481 e. The summed E-state index contributed by atoms with van der Waals surface area (Å²) in [5.41, 5.74) is -1.31. The zero-order chi connectivity index (χ0) is 89.3. The zero-order valence-electron chi connectivity index (χ0n) is 71.4. The molecule has 3 saturated heterocycles. The minimum Gasteiger partial charge on any atom is -0.481 e. The summed E-state index contributed by atoms with van der Waals surface area (Å²) in [6.45, 7) is 13.1. The predicted octanol–water partition coefficient (Wildman–Crippen LogP) is 3.44. The van der Waals surface area contributed by atoms with Crippen molar-refractivity contribution in [2.45, 2.75) is 347 Å². The van der Waals surface area contributed by atoms with Gasteiger partial charge in [0.25, 0.3) is 0 Å². The molecule has 6 unspecified atom stereocenters. The van der Waals surface area contributed by atoms with Crippen molar-refractivity contribution in [3.63, 3.8) is 0 Å². The number of rotatable bonds is 58. The Hall–Kier alpha value is -9.25. The standard InChI is InChI=1S/C80H129N7O33/c1-48(88)84-68-74(115-57(10)97)71(112-54(7)94)60(45-109-51(4)91)118-77(68)106-42-28-20-25-39-81-63(100)33-36-80(87-66(103)31-23-18-16-14-13-15-17-19-24-32-67(104)105,37-34-64(101)82-40-26-21-29-43-107-78-69(85-49(2)89)75(116-58(11)98)72(113-55(8)95)61(119-78)46-110-52(5)92)38-35-65(102)83-41-27-22-30-44-108-79-70(86-50(3)90)76(117-59(12)99)73(114-56(9)96)62(120-79)47-111-53(6)93/h60-62,68-79H,13-47H2,1-12H3,(H,81,100)(H,82,101)(H,83,102)(H,84,88)(H,85,89)(H,86,90)(H,87,103)(H,104,105)/t60?,61?,62?,68?,69?,70?,71-,72-,73-,74+,75+,76+,77+,78+,79+,80?/m0/s1. The van der Waals surface area contributed by atoms with Gasteiger partial charge in [-0.1, -0.05) is 44.9 Å². The number of hydrogen-bond donors (Lipinski definition) is 8. The molecule has 0 aliphatic carbocycles. The van der Waals surface area contributed by atoms with Crippen LogP contribution in [0.2, 0.25) is 0 Å². The minimum absolute atomic E-state index is 0.0124. The summed E-state index contributed by atoms with van der Waals surface area (Å²) in [7, 11) is 0. The number of hydrogen-bond acceptors (Lipinski definition) is 32. The van der Waals surface area contributed by atoms with Gasteiger partial charge in [0.2, 0.25) is 41.4 Å². The maximum absolute atomic E-state index is 14.3. The number of carboxylic acids is 1. The van der Waals surface area contributed by atoms with E-state index in [0.29, 0.717) is 77.0 Å². The Balaban J connectivity index is 1.85. The van der Waals surface area contributed by atoms with E-state index in [9.17, 15) is 81.5 Å². The van der Waals surface area contributed by atoms with Crippen LogP contribution in [0.1, 0.15) is 250 Å². The van der Waals surface area contributed by atoms with Gasteiger partial charge in [-0.15, -0.1) is 0 Å². The molecule has 3 rings (SSSR count). The SMILES string of the molecule is CC(=O)NC1[C@H](OCCCCCNC(=O)CCC(CCC(=O)NCCCCCO[C@@H]2OC(COC(C)=O)[C@H](OC(C)=O)[C@H](OC(C)=O)C2NC(C)=O)(CCC(=O)NCCCCCO[C@@H]2OC(COC(C)=O)[C@H](OC(C)=O)[C@H](OC(C)=O)C2NC(C)=O)NC(=O)CCCCCCCCCCCC(=O)O)OC(COC(C)=O)[C@H](OC(C)=O)[C@@H]1OC(C)=O. The molecular weight excluding hydrogens is 1590 g/mol. The van der Waals surface area contributed by atoms with Gasteiger partial charge in [-0.2, -0.15) is 0 Å². The van der Waals surface area contributed by atoms with Gasteiger partial charge in [0.05, 0.1) is 0 Å². The van der Waals surface area contributed by atoms with Gasteiger partial charge >= 0.3 is 59.7 Å². The monoisotopic (exact) mass is 1720 g/mol. The summed E-state index contributed by atoms with van der Waals surface area (Å²) in [5.74, 6) is -10.8. The first kappa shape index (κ1) is 105. The first-order valence-electron chi connectivity index (χ1n) is 41.3. The highest BCUT2D eigenvalue weighted by Gasteiger charge is 2.54. The van der Waals surface area contributed by atoms with E-state index < -0.39 is 212 Å². The highest BCUT2D eigenvalue weighted by molar-refractivity contribution is 5.81. The van der Waals surface area contributed by atoms with Crippen LogP contribution in [-0.2, 0) is 153 Å². The maximum atomic E-state index is 14.3. The Morgan fingerprint density at radius 3 is 0.792 bits per heavy atom. The number of ether oxygens (including phenoxy) is 15. The van der Waals surface area contributed by atoms with E-state index in [1.807, 2.05) is 0 Å². The van der Waals surface area contributed by atoms with Crippen molar-refractivity contribution in [3.05, 3.63) is 0 Å². The summed E-state index contributed by atoms with van der Waals surface area (Å²) in [6.07, 6.45) is -4.64. The summed E-state index contributed by atoms with van der Waals surface area (Å²) in [5, 5.41) is 28.9. The number of aliphatic carboxylic acids is 1. The Kier molecular flexibility index (Phi) is 50.6. The predicted molar refractivity (Wildman–Crippen MR) is 417 cm³/mol. The van der Waals surface area contributed by atoms with Crippen molar-refractivity contribution in [2.24, 2.45) is 0 Å². The molecule has 0 saturated carbocycles. The molecule has 0 aromatic rings. The highest BCUT2D eigenvalue weighted by atomic mass is 16.7. The molecule has 3 fully saturated rings. The van der Waals surface area contributed by atoms with Gasteiger partial charge in [-0.25, -0.2) is 0 Å². The second kappa shape index (κ2) is 57.9. The Bertz CT molecular complexity index is 3010. The fourth-order valence-corrected chi connectivity index (χ4v) is 13.8. The molecule has 0 bridgehead atoms. The quantitative estimate of drug-likeness (QED) is 0.0246. The molecule has 7 amide bonds. The average molecular weight is 1720 g/mol. The van der Waals surface area contributed by atoms with E-state index in [4.69, 9.17) is 76.2 Å². The van der Waals surface area contributed by atoms with Gasteiger partial charge in [-0.3, -0.25) is 81.5 Å². The molecule has 40 nitrogen and oxygen atoms in total. The molecule has 0 spiro atoms. The minimum atomic E-state index is -1.33. The van der Waals surface area contributed by atoms with E-state index in [0.717, 1.165) is 101 Å². The molecule has 15 atom stereocenters. The summed E-state index contributed by atoms with van der Waals surface area (Å²) < 4.78 is 85.2. The van der Waals surface area contributed by atoms with Crippen molar-refractivity contribution in [3.8, 4) is 0 Å². The average Bonchev–Trinajstić information content (AvgIpc) is 0.796. The Morgan fingerprint density at radius 1 is 0.292 bits per heavy atom. The van der Waals surface area contributed by atoms with Crippen molar-refractivity contribution in [1.29, 1.82) is 0 Å². The van der Waals surface area contributed by atoms with Gasteiger partial charge in [0, 0.05) is 160 Å². The molecule has 0 aromatic carbocycles. The lowest BCUT2D eigenvalue weighted by Gasteiger charge is -2.44. The van der Waals surface area contributed by atoms with Crippen LogP contribution < -0.4 is 37.2 Å². The molecule has 40 heteroatoms. The van der Waals surface area contributed by atoms with Gasteiger partial charge in [0.1, 0.15) is 56.3 Å². The molecule has 120 heavy (non-hydrogen) atoms. The molecule has 3 aliphatic heterocycles. The third kappa shape index (κ3) is 44.3. The van der Waals surface area contributed by atoms with Crippen molar-refractivity contribution in [2.75, 3.05) is 59.3 Å². The van der Waals surface area contributed by atoms with Crippen molar-refractivity contribution < 1.29 is 158 Å². The molecular formula is C80H129N7O33. The third-order valence-corrected chi connectivity index (χ3v) is 19.2. The number of unbranched alkanes of at least 4 members (excludes halogenated alkanes) is 14. The molecule has 3 heterocycles. The van der Waals surface area contributed by atoms with Crippen LogP contribution in [0.5, 0.6) is 0 Å². The summed E-state index contributed by atoms with van der Waals surface area (Å²) in [4.78, 5) is 214. The third-order valence-electron chi connectivity index (χ3n) is 19.2. The lowest BCUT2D eigenvalue weighted by Crippen LogP contribution is -2.66. The fraction of sp³-hybridized carbons (Fsp3) is 0.787. The van der Waals surface area contributed by atoms with Gasteiger partial charge in [0.15, 0.2) is 55.5 Å². The van der Waals surface area contributed by atoms with Crippen LogP contribution in [0.4, 0.5) is 0 Å². The topological polar surface area (TPSA) is 533 Å². The number of amides is 7.